The van der Waals surface area contributed by atoms with Crippen molar-refractivity contribution in [2.45, 2.75) is 19.9 Å². The van der Waals surface area contributed by atoms with Gasteiger partial charge in [0.2, 0.25) is 0 Å². The second-order valence-electron chi connectivity index (χ2n) is 4.43. The number of rotatable bonds is 5. The van der Waals surface area contributed by atoms with Crippen molar-refractivity contribution in [2.24, 2.45) is 0 Å². The normalized spacial score (nSPS) is 12.0. The molecule has 1 atom stereocenters. The second-order valence-corrected chi connectivity index (χ2v) is 4.43. The molecule has 2 aromatic rings. The summed E-state index contributed by atoms with van der Waals surface area (Å²) < 4.78 is 33.0. The first kappa shape index (κ1) is 14.3. The Hall–Kier alpha value is -2.10. The number of nitrogens with one attached hydrogen (secondary N) is 1. The van der Waals surface area contributed by atoms with E-state index in [0.29, 0.717) is 18.0 Å². The summed E-state index contributed by atoms with van der Waals surface area (Å²) in [6, 6.07) is 10.7. The van der Waals surface area contributed by atoms with Crippen LogP contribution in [0.2, 0.25) is 0 Å². The largest absolute Gasteiger partial charge is 0.492 e. The number of halogens is 2. The molecular weight excluding hydrogens is 260 g/mol. The van der Waals surface area contributed by atoms with E-state index in [1.54, 1.807) is 6.92 Å². The van der Waals surface area contributed by atoms with Gasteiger partial charge in [0.15, 0.2) is 0 Å². The van der Waals surface area contributed by atoms with Crippen molar-refractivity contribution in [2.75, 3.05) is 11.9 Å². The first-order valence-corrected chi connectivity index (χ1v) is 6.55. The van der Waals surface area contributed by atoms with E-state index in [-0.39, 0.29) is 5.56 Å². The Morgan fingerprint density at radius 2 is 1.70 bits per heavy atom. The van der Waals surface area contributed by atoms with Crippen LogP contribution in [-0.2, 0) is 0 Å². The van der Waals surface area contributed by atoms with Crippen LogP contribution in [0.25, 0.3) is 0 Å². The third-order valence-electron chi connectivity index (χ3n) is 2.99. The van der Waals surface area contributed by atoms with E-state index in [2.05, 4.69) is 5.32 Å². The Balaban J connectivity index is 2.26. The van der Waals surface area contributed by atoms with Crippen molar-refractivity contribution in [3.63, 3.8) is 0 Å². The highest BCUT2D eigenvalue weighted by molar-refractivity contribution is 5.57. The number of para-hydroxylation sites is 2. The van der Waals surface area contributed by atoms with Crippen molar-refractivity contribution < 1.29 is 13.5 Å². The molecule has 0 bridgehead atoms. The molecule has 0 fully saturated rings. The molecule has 2 rings (SSSR count). The van der Waals surface area contributed by atoms with Crippen LogP contribution in [0, 0.1) is 11.6 Å². The zero-order chi connectivity index (χ0) is 14.5. The first-order chi connectivity index (χ1) is 9.63. The van der Waals surface area contributed by atoms with E-state index in [1.807, 2.05) is 31.2 Å². The topological polar surface area (TPSA) is 21.3 Å². The molecule has 106 valence electrons. The Kier molecular flexibility index (Phi) is 4.56. The van der Waals surface area contributed by atoms with Gasteiger partial charge in [-0.15, -0.1) is 0 Å². The summed E-state index contributed by atoms with van der Waals surface area (Å²) >= 11 is 0. The van der Waals surface area contributed by atoms with Crippen LogP contribution in [0.3, 0.4) is 0 Å². The number of hydrogen-bond acceptors (Lipinski definition) is 2. The van der Waals surface area contributed by atoms with Gasteiger partial charge in [-0.3, -0.25) is 0 Å². The van der Waals surface area contributed by atoms with Gasteiger partial charge in [0.05, 0.1) is 18.3 Å². The molecule has 0 aliphatic heterocycles. The molecule has 20 heavy (non-hydrogen) atoms. The van der Waals surface area contributed by atoms with Gasteiger partial charge in [-0.2, -0.15) is 0 Å². The average molecular weight is 277 g/mol. The zero-order valence-corrected chi connectivity index (χ0v) is 11.5. The Morgan fingerprint density at radius 3 is 2.35 bits per heavy atom. The van der Waals surface area contributed by atoms with Gasteiger partial charge in [0, 0.05) is 5.56 Å². The molecule has 2 nitrogen and oxygen atoms in total. The Bertz CT molecular complexity index is 566. The maximum absolute atomic E-state index is 13.7. The van der Waals surface area contributed by atoms with E-state index >= 15 is 0 Å². The predicted octanol–water partition coefficient (Wildman–Crippen LogP) is 4.54. The molecule has 0 saturated carbocycles. The number of anilines is 1. The standard InChI is InChI=1S/C16H17F2NO/c1-3-20-15-10-5-4-9-14(15)19-11(2)16-12(17)7-6-8-13(16)18/h4-11,19H,3H2,1-2H3. The van der Waals surface area contributed by atoms with Crippen LogP contribution < -0.4 is 10.1 Å². The summed E-state index contributed by atoms with van der Waals surface area (Å²) in [6.07, 6.45) is 0. The summed E-state index contributed by atoms with van der Waals surface area (Å²) in [7, 11) is 0. The fourth-order valence-electron chi connectivity index (χ4n) is 2.10. The highest BCUT2D eigenvalue weighted by atomic mass is 19.1. The van der Waals surface area contributed by atoms with Crippen LogP contribution in [0.1, 0.15) is 25.5 Å². The lowest BCUT2D eigenvalue weighted by atomic mass is 10.1. The molecule has 4 heteroatoms. The van der Waals surface area contributed by atoms with Crippen molar-refractivity contribution in [1.82, 2.24) is 0 Å². The third-order valence-corrected chi connectivity index (χ3v) is 2.99. The van der Waals surface area contributed by atoms with Crippen LogP contribution in [0.15, 0.2) is 42.5 Å². The Morgan fingerprint density at radius 1 is 1.05 bits per heavy atom. The first-order valence-electron chi connectivity index (χ1n) is 6.55. The highest BCUT2D eigenvalue weighted by Gasteiger charge is 2.16. The lowest BCUT2D eigenvalue weighted by Gasteiger charge is -2.19. The monoisotopic (exact) mass is 277 g/mol. The molecule has 0 spiro atoms. The molecule has 0 aromatic heterocycles. The average Bonchev–Trinajstić information content (AvgIpc) is 2.41. The molecular formula is C16H17F2NO. The molecule has 1 N–H and O–H groups in total. The maximum Gasteiger partial charge on any atom is 0.142 e. The van der Waals surface area contributed by atoms with Gasteiger partial charge in [0.1, 0.15) is 17.4 Å². The van der Waals surface area contributed by atoms with Crippen molar-refractivity contribution in [3.05, 3.63) is 59.7 Å². The minimum absolute atomic E-state index is 0.0267. The molecule has 1 unspecified atom stereocenters. The fraction of sp³-hybridized carbons (Fsp3) is 0.250. The minimum Gasteiger partial charge on any atom is -0.492 e. The predicted molar refractivity (Wildman–Crippen MR) is 76.0 cm³/mol. The van der Waals surface area contributed by atoms with Crippen LogP contribution in [0.5, 0.6) is 5.75 Å². The summed E-state index contributed by atoms with van der Waals surface area (Å²) in [5, 5.41) is 3.09. The van der Waals surface area contributed by atoms with Gasteiger partial charge >= 0.3 is 0 Å². The summed E-state index contributed by atoms with van der Waals surface area (Å²) in [6.45, 7) is 4.13. The lowest BCUT2D eigenvalue weighted by Crippen LogP contribution is -2.11. The molecule has 0 heterocycles. The highest BCUT2D eigenvalue weighted by Crippen LogP contribution is 2.29. The third kappa shape index (κ3) is 3.07. The molecule has 0 radical (unpaired) electrons. The molecule has 0 saturated heterocycles. The molecule has 2 aromatic carbocycles. The van der Waals surface area contributed by atoms with E-state index < -0.39 is 17.7 Å². The molecule has 0 amide bonds. The van der Waals surface area contributed by atoms with Crippen molar-refractivity contribution >= 4 is 5.69 Å². The van der Waals surface area contributed by atoms with E-state index in [4.69, 9.17) is 4.74 Å². The number of ether oxygens (including phenoxy) is 1. The second kappa shape index (κ2) is 6.37. The maximum atomic E-state index is 13.7. The van der Waals surface area contributed by atoms with Crippen LogP contribution >= 0.6 is 0 Å². The molecule has 0 aliphatic carbocycles. The zero-order valence-electron chi connectivity index (χ0n) is 11.5. The van der Waals surface area contributed by atoms with E-state index in [0.717, 1.165) is 0 Å². The van der Waals surface area contributed by atoms with Crippen molar-refractivity contribution in [3.8, 4) is 5.75 Å². The summed E-state index contributed by atoms with van der Waals surface area (Å²) in [4.78, 5) is 0. The van der Waals surface area contributed by atoms with Crippen molar-refractivity contribution in [1.29, 1.82) is 0 Å². The minimum atomic E-state index is -0.557. The van der Waals surface area contributed by atoms with E-state index in [9.17, 15) is 8.78 Å². The van der Waals surface area contributed by atoms with Gasteiger partial charge in [-0.25, -0.2) is 8.78 Å². The number of benzene rings is 2. The van der Waals surface area contributed by atoms with Gasteiger partial charge < -0.3 is 10.1 Å². The SMILES string of the molecule is CCOc1ccccc1NC(C)c1c(F)cccc1F. The van der Waals surface area contributed by atoms with Crippen LogP contribution in [0.4, 0.5) is 14.5 Å². The number of hydrogen-bond donors (Lipinski definition) is 1. The summed E-state index contributed by atoms with van der Waals surface area (Å²) in [5.74, 6) is -0.448. The summed E-state index contributed by atoms with van der Waals surface area (Å²) in [5.41, 5.74) is 0.739. The van der Waals surface area contributed by atoms with Gasteiger partial charge in [-0.05, 0) is 38.1 Å². The van der Waals surface area contributed by atoms with E-state index in [1.165, 1.54) is 18.2 Å². The smallest absolute Gasteiger partial charge is 0.142 e. The quantitative estimate of drug-likeness (QED) is 0.866. The molecule has 0 aliphatic rings. The Labute approximate surface area is 117 Å². The lowest BCUT2D eigenvalue weighted by molar-refractivity contribution is 0.341. The van der Waals surface area contributed by atoms with Crippen LogP contribution in [-0.4, -0.2) is 6.61 Å². The van der Waals surface area contributed by atoms with Gasteiger partial charge in [0.25, 0.3) is 0 Å². The van der Waals surface area contributed by atoms with Gasteiger partial charge in [-0.1, -0.05) is 18.2 Å². The fourth-order valence-corrected chi connectivity index (χ4v) is 2.10.